The molecule has 0 bridgehead atoms. The van der Waals surface area contributed by atoms with Gasteiger partial charge in [0, 0.05) is 18.0 Å². The van der Waals surface area contributed by atoms with Gasteiger partial charge in [-0.25, -0.2) is 15.0 Å². The molecular formula is C23H16F2N6O2S. The van der Waals surface area contributed by atoms with Crippen molar-refractivity contribution in [1.29, 1.82) is 0 Å². The number of fused-ring (bicyclic) bond motifs is 1. The predicted octanol–water partition coefficient (Wildman–Crippen LogP) is 4.66. The quantitative estimate of drug-likeness (QED) is 0.396. The van der Waals surface area contributed by atoms with E-state index < -0.39 is 12.5 Å². The van der Waals surface area contributed by atoms with Crippen LogP contribution in [0.3, 0.4) is 0 Å². The minimum Gasteiger partial charge on any atom is -0.298 e. The second-order valence-corrected chi connectivity index (χ2v) is 8.31. The van der Waals surface area contributed by atoms with Gasteiger partial charge in [0.25, 0.3) is 11.5 Å². The molecule has 1 amide bonds. The van der Waals surface area contributed by atoms with Crippen LogP contribution in [0, 0.1) is 6.92 Å². The Kier molecular flexibility index (Phi) is 5.46. The highest BCUT2D eigenvalue weighted by atomic mass is 32.1. The summed E-state index contributed by atoms with van der Waals surface area (Å²) in [6.07, 6.45) is 3.93. The largest absolute Gasteiger partial charge is 0.320 e. The molecule has 0 aliphatic carbocycles. The number of nitrogens with zero attached hydrogens (tertiary/aromatic N) is 5. The highest BCUT2D eigenvalue weighted by Gasteiger charge is 2.19. The molecule has 2 aromatic carbocycles. The molecule has 8 nitrogen and oxygen atoms in total. The van der Waals surface area contributed by atoms with E-state index in [1.54, 1.807) is 49.4 Å². The fourth-order valence-corrected chi connectivity index (χ4v) is 4.46. The molecule has 0 spiro atoms. The van der Waals surface area contributed by atoms with Crippen LogP contribution in [0.15, 0.2) is 72.0 Å². The van der Waals surface area contributed by atoms with Crippen molar-refractivity contribution in [2.24, 2.45) is 0 Å². The third-order valence-corrected chi connectivity index (χ3v) is 6.24. The molecule has 11 heteroatoms. The molecule has 0 radical (unpaired) electrons. The number of nitrogens with one attached hydrogen (secondary N) is 1. The number of amides is 1. The van der Waals surface area contributed by atoms with E-state index in [-0.39, 0.29) is 16.5 Å². The van der Waals surface area contributed by atoms with Crippen LogP contribution in [0.4, 0.5) is 13.9 Å². The summed E-state index contributed by atoms with van der Waals surface area (Å²) >= 11 is 1.06. The lowest BCUT2D eigenvalue weighted by molar-refractivity contribution is 0.0720. The number of rotatable bonds is 5. The van der Waals surface area contributed by atoms with E-state index in [9.17, 15) is 18.4 Å². The van der Waals surface area contributed by atoms with Gasteiger partial charge in [-0.1, -0.05) is 23.5 Å². The normalized spacial score (nSPS) is 11.3. The maximum absolute atomic E-state index is 13.2. The third-order valence-electron chi connectivity index (χ3n) is 5.17. The van der Waals surface area contributed by atoms with Gasteiger partial charge in [-0.2, -0.15) is 8.78 Å². The predicted molar refractivity (Wildman–Crippen MR) is 125 cm³/mol. The Hall–Kier alpha value is -4.25. The van der Waals surface area contributed by atoms with E-state index >= 15 is 0 Å². The Balaban J connectivity index is 1.37. The summed E-state index contributed by atoms with van der Waals surface area (Å²) in [6, 6.07) is 13.5. The Labute approximate surface area is 195 Å². The number of carbonyl (C=O) groups excluding carboxylic acids is 1. The van der Waals surface area contributed by atoms with Crippen molar-refractivity contribution in [3.05, 3.63) is 88.9 Å². The molecule has 0 aliphatic heterocycles. The highest BCUT2D eigenvalue weighted by molar-refractivity contribution is 7.19. The summed E-state index contributed by atoms with van der Waals surface area (Å²) in [5.41, 5.74) is 1.77. The Morgan fingerprint density at radius 2 is 1.85 bits per heavy atom. The molecule has 0 unspecified atom stereocenters. The number of aromatic nitrogens is 5. The van der Waals surface area contributed by atoms with E-state index in [2.05, 4.69) is 20.3 Å². The molecule has 5 aromatic rings. The van der Waals surface area contributed by atoms with Crippen LogP contribution in [0.1, 0.15) is 22.6 Å². The smallest absolute Gasteiger partial charge is 0.298 e. The number of aryl methyl sites for hydroxylation is 1. The monoisotopic (exact) mass is 478 g/mol. The van der Waals surface area contributed by atoms with Crippen LogP contribution < -0.4 is 10.9 Å². The first kappa shape index (κ1) is 21.6. The second kappa shape index (κ2) is 8.60. The zero-order valence-corrected chi connectivity index (χ0v) is 18.5. The maximum Gasteiger partial charge on any atom is 0.320 e. The second-order valence-electron chi connectivity index (χ2n) is 7.31. The van der Waals surface area contributed by atoms with E-state index in [4.69, 9.17) is 0 Å². The average Bonchev–Trinajstić information content (AvgIpc) is 3.46. The fourth-order valence-electron chi connectivity index (χ4n) is 3.50. The van der Waals surface area contributed by atoms with Gasteiger partial charge in [0.05, 0.1) is 27.2 Å². The molecule has 0 aliphatic rings. The summed E-state index contributed by atoms with van der Waals surface area (Å²) in [4.78, 5) is 38.5. The molecule has 0 fully saturated rings. The summed E-state index contributed by atoms with van der Waals surface area (Å²) in [7, 11) is 0. The number of alkyl halides is 2. The zero-order valence-electron chi connectivity index (χ0n) is 17.6. The Morgan fingerprint density at radius 1 is 1.09 bits per heavy atom. The lowest BCUT2D eigenvalue weighted by Gasteiger charge is -2.08. The first-order valence-corrected chi connectivity index (χ1v) is 10.9. The molecule has 0 atom stereocenters. The number of thiazole rings is 1. The van der Waals surface area contributed by atoms with Gasteiger partial charge in [-0.3, -0.25) is 24.0 Å². The highest BCUT2D eigenvalue weighted by Crippen LogP contribution is 2.33. The van der Waals surface area contributed by atoms with Gasteiger partial charge >= 0.3 is 6.55 Å². The van der Waals surface area contributed by atoms with Gasteiger partial charge in [0.1, 0.15) is 6.33 Å². The van der Waals surface area contributed by atoms with Crippen LogP contribution >= 0.6 is 11.3 Å². The number of anilines is 1. The minimum atomic E-state index is -2.74. The van der Waals surface area contributed by atoms with Gasteiger partial charge in [-0.05, 0) is 43.3 Å². The van der Waals surface area contributed by atoms with Crippen LogP contribution in [-0.4, -0.2) is 30.0 Å². The lowest BCUT2D eigenvalue weighted by Crippen LogP contribution is -2.19. The summed E-state index contributed by atoms with van der Waals surface area (Å²) in [5, 5.41) is 3.45. The van der Waals surface area contributed by atoms with E-state index in [1.165, 1.54) is 23.3 Å². The third kappa shape index (κ3) is 3.86. The van der Waals surface area contributed by atoms with Crippen molar-refractivity contribution in [3.63, 3.8) is 0 Å². The van der Waals surface area contributed by atoms with Gasteiger partial charge < -0.3 is 0 Å². The van der Waals surface area contributed by atoms with E-state index in [0.717, 1.165) is 15.9 Å². The van der Waals surface area contributed by atoms with Crippen molar-refractivity contribution in [2.75, 3.05) is 5.32 Å². The van der Waals surface area contributed by atoms with Crippen molar-refractivity contribution in [2.45, 2.75) is 13.5 Å². The number of imidazole rings is 1. The number of hydrogen-bond donors (Lipinski definition) is 1. The van der Waals surface area contributed by atoms with Crippen molar-refractivity contribution in [3.8, 4) is 16.4 Å². The topological polar surface area (TPSA) is 94.7 Å². The minimum absolute atomic E-state index is 0.0873. The molecular weight excluding hydrogens is 462 g/mol. The standard InChI is InChI=1S/C23H16F2N6O2S/c1-13-18(19-26-10-11-30(19)22(24)25)34-23(28-13)29-20(32)14-6-8-15(9-7-14)31-12-27-17-5-3-2-4-16(17)21(31)33/h2-12,22H,1H3,(H,28,29,32). The van der Waals surface area contributed by atoms with Gasteiger partial charge in [0.2, 0.25) is 0 Å². The summed E-state index contributed by atoms with van der Waals surface area (Å²) in [6.45, 7) is -1.07. The number of benzene rings is 2. The van der Waals surface area contributed by atoms with Crippen molar-refractivity contribution < 1.29 is 13.6 Å². The van der Waals surface area contributed by atoms with Gasteiger partial charge in [-0.15, -0.1) is 0 Å². The molecule has 1 N–H and O–H groups in total. The fraction of sp³-hybridized carbons (Fsp3) is 0.0870. The molecule has 0 saturated heterocycles. The molecule has 3 aromatic heterocycles. The number of carbonyl (C=O) groups is 1. The summed E-state index contributed by atoms with van der Waals surface area (Å²) < 4.78 is 28.5. The van der Waals surface area contributed by atoms with Crippen molar-refractivity contribution in [1.82, 2.24) is 24.1 Å². The zero-order chi connectivity index (χ0) is 23.8. The molecule has 5 rings (SSSR count). The average molecular weight is 478 g/mol. The SMILES string of the molecule is Cc1nc(NC(=O)c2ccc(-n3cnc4ccccc4c3=O)cc2)sc1-c1nccn1C(F)F. The van der Waals surface area contributed by atoms with Crippen molar-refractivity contribution >= 4 is 33.3 Å². The maximum atomic E-state index is 13.2. The van der Waals surface area contributed by atoms with E-state index in [0.29, 0.717) is 32.7 Å². The van der Waals surface area contributed by atoms with E-state index in [1.807, 2.05) is 6.07 Å². The first-order valence-electron chi connectivity index (χ1n) is 10.1. The first-order chi connectivity index (χ1) is 16.4. The molecule has 34 heavy (non-hydrogen) atoms. The lowest BCUT2D eigenvalue weighted by atomic mass is 10.2. The molecule has 170 valence electrons. The molecule has 0 saturated carbocycles. The number of hydrogen-bond acceptors (Lipinski definition) is 6. The van der Waals surface area contributed by atoms with Gasteiger partial charge in [0.15, 0.2) is 11.0 Å². The number of halogens is 2. The number of para-hydroxylation sites is 1. The summed E-state index contributed by atoms with van der Waals surface area (Å²) in [5.74, 6) is -0.336. The molecule has 3 heterocycles. The van der Waals surface area contributed by atoms with Crippen LogP contribution in [-0.2, 0) is 0 Å². The van der Waals surface area contributed by atoms with Crippen LogP contribution in [0.2, 0.25) is 0 Å². The Bertz CT molecular complexity index is 1570. The van der Waals surface area contributed by atoms with Crippen LogP contribution in [0.25, 0.3) is 27.3 Å². The Morgan fingerprint density at radius 3 is 2.62 bits per heavy atom. The van der Waals surface area contributed by atoms with Crippen LogP contribution in [0.5, 0.6) is 0 Å².